The second-order valence-corrected chi connectivity index (χ2v) is 5.19. The van der Waals surface area contributed by atoms with Gasteiger partial charge in [-0.05, 0) is 31.2 Å². The Balaban J connectivity index is 2.16. The molecule has 116 valence electrons. The van der Waals surface area contributed by atoms with E-state index in [1.54, 1.807) is 25.3 Å². The normalized spacial score (nSPS) is 11.6. The predicted octanol–water partition coefficient (Wildman–Crippen LogP) is 3.85. The quantitative estimate of drug-likeness (QED) is 0.910. The number of hydrogen-bond donors (Lipinski definition) is 1. The molecule has 2 aromatic carbocycles. The van der Waals surface area contributed by atoms with Crippen molar-refractivity contribution in [1.82, 2.24) is 5.32 Å². The first-order chi connectivity index (χ1) is 10.6. The lowest BCUT2D eigenvalue weighted by molar-refractivity contribution is 0.0939. The molecular weight excluding hydrogens is 302 g/mol. The molecular formula is C17H18ClNO3. The maximum absolute atomic E-state index is 12.3. The van der Waals surface area contributed by atoms with E-state index in [0.29, 0.717) is 16.3 Å². The van der Waals surface area contributed by atoms with Crippen molar-refractivity contribution in [3.8, 4) is 11.5 Å². The molecule has 0 spiro atoms. The molecule has 0 aliphatic heterocycles. The van der Waals surface area contributed by atoms with Gasteiger partial charge in [0.25, 0.3) is 5.91 Å². The Hall–Kier alpha value is -2.20. The summed E-state index contributed by atoms with van der Waals surface area (Å²) >= 11 is 6.05. The van der Waals surface area contributed by atoms with E-state index >= 15 is 0 Å². The number of nitrogens with one attached hydrogen (secondary N) is 1. The SMILES string of the molecule is COc1ccc(C(=O)N[C@@H](C)c2ccccc2OC)cc1Cl. The highest BCUT2D eigenvalue weighted by molar-refractivity contribution is 6.32. The summed E-state index contributed by atoms with van der Waals surface area (Å²) in [7, 11) is 3.14. The van der Waals surface area contributed by atoms with Crippen LogP contribution in [-0.4, -0.2) is 20.1 Å². The topological polar surface area (TPSA) is 47.6 Å². The van der Waals surface area contributed by atoms with Crippen molar-refractivity contribution < 1.29 is 14.3 Å². The molecule has 1 atom stereocenters. The number of carbonyl (C=O) groups excluding carboxylic acids is 1. The molecule has 22 heavy (non-hydrogen) atoms. The van der Waals surface area contributed by atoms with E-state index in [1.165, 1.54) is 7.11 Å². The summed E-state index contributed by atoms with van der Waals surface area (Å²) in [4.78, 5) is 12.3. The van der Waals surface area contributed by atoms with Gasteiger partial charge in [-0.25, -0.2) is 0 Å². The Morgan fingerprint density at radius 1 is 1.09 bits per heavy atom. The lowest BCUT2D eigenvalue weighted by atomic mass is 10.1. The van der Waals surface area contributed by atoms with Gasteiger partial charge in [0.2, 0.25) is 0 Å². The molecule has 0 unspecified atom stereocenters. The van der Waals surface area contributed by atoms with Gasteiger partial charge in [-0.2, -0.15) is 0 Å². The standard InChI is InChI=1S/C17H18ClNO3/c1-11(13-6-4-5-7-15(13)21-2)19-17(20)12-8-9-16(22-3)14(18)10-12/h4-11H,1-3H3,(H,19,20)/t11-/m0/s1. The maximum atomic E-state index is 12.3. The largest absolute Gasteiger partial charge is 0.496 e. The number of carbonyl (C=O) groups is 1. The third-order valence-corrected chi connectivity index (χ3v) is 3.66. The average molecular weight is 320 g/mol. The van der Waals surface area contributed by atoms with Gasteiger partial charge in [0, 0.05) is 11.1 Å². The molecule has 0 bridgehead atoms. The minimum atomic E-state index is -0.206. The van der Waals surface area contributed by atoms with Crippen LogP contribution in [0.25, 0.3) is 0 Å². The lowest BCUT2D eigenvalue weighted by Crippen LogP contribution is -2.26. The van der Waals surface area contributed by atoms with Gasteiger partial charge in [-0.3, -0.25) is 4.79 Å². The van der Waals surface area contributed by atoms with Crippen LogP contribution in [0.3, 0.4) is 0 Å². The number of rotatable bonds is 5. The van der Waals surface area contributed by atoms with Crippen molar-refractivity contribution in [3.63, 3.8) is 0 Å². The van der Waals surface area contributed by atoms with Crippen LogP contribution < -0.4 is 14.8 Å². The molecule has 0 aliphatic carbocycles. The van der Waals surface area contributed by atoms with E-state index in [4.69, 9.17) is 21.1 Å². The van der Waals surface area contributed by atoms with Crippen molar-refractivity contribution in [2.24, 2.45) is 0 Å². The summed E-state index contributed by atoms with van der Waals surface area (Å²) < 4.78 is 10.4. The van der Waals surface area contributed by atoms with Gasteiger partial charge in [-0.1, -0.05) is 29.8 Å². The first-order valence-corrected chi connectivity index (χ1v) is 7.22. The summed E-state index contributed by atoms with van der Waals surface area (Å²) in [6, 6.07) is 12.3. The number of methoxy groups -OCH3 is 2. The Labute approximate surface area is 135 Å². The number of halogens is 1. The zero-order chi connectivity index (χ0) is 16.1. The number of amides is 1. The fourth-order valence-electron chi connectivity index (χ4n) is 2.19. The van der Waals surface area contributed by atoms with E-state index in [-0.39, 0.29) is 11.9 Å². The van der Waals surface area contributed by atoms with Gasteiger partial charge < -0.3 is 14.8 Å². The average Bonchev–Trinajstić information content (AvgIpc) is 2.54. The molecule has 2 aromatic rings. The van der Waals surface area contributed by atoms with Crippen molar-refractivity contribution in [1.29, 1.82) is 0 Å². The monoisotopic (exact) mass is 319 g/mol. The lowest BCUT2D eigenvalue weighted by Gasteiger charge is -2.17. The van der Waals surface area contributed by atoms with Crippen LogP contribution in [0.2, 0.25) is 5.02 Å². The minimum Gasteiger partial charge on any atom is -0.496 e. The van der Waals surface area contributed by atoms with Gasteiger partial charge in [-0.15, -0.1) is 0 Å². The summed E-state index contributed by atoms with van der Waals surface area (Å²) in [5.74, 6) is 1.07. The first kappa shape index (κ1) is 16.2. The van der Waals surface area contributed by atoms with E-state index in [9.17, 15) is 4.79 Å². The molecule has 0 fully saturated rings. The molecule has 5 heteroatoms. The molecule has 1 N–H and O–H groups in total. The Bertz CT molecular complexity index is 673. The summed E-state index contributed by atoms with van der Waals surface area (Å²) in [6.07, 6.45) is 0. The minimum absolute atomic E-state index is 0.190. The number of para-hydroxylation sites is 1. The molecule has 0 saturated carbocycles. The molecule has 0 saturated heterocycles. The van der Waals surface area contributed by atoms with Crippen LogP contribution in [-0.2, 0) is 0 Å². The molecule has 4 nitrogen and oxygen atoms in total. The van der Waals surface area contributed by atoms with Gasteiger partial charge >= 0.3 is 0 Å². The summed E-state index contributed by atoms with van der Waals surface area (Å²) in [5.41, 5.74) is 1.39. The van der Waals surface area contributed by atoms with Crippen molar-refractivity contribution in [2.45, 2.75) is 13.0 Å². The molecule has 2 rings (SSSR count). The third-order valence-electron chi connectivity index (χ3n) is 3.37. The van der Waals surface area contributed by atoms with Crippen LogP contribution in [0.4, 0.5) is 0 Å². The van der Waals surface area contributed by atoms with Crippen LogP contribution in [0.1, 0.15) is 28.9 Å². The van der Waals surface area contributed by atoms with E-state index < -0.39 is 0 Å². The maximum Gasteiger partial charge on any atom is 0.251 e. The smallest absolute Gasteiger partial charge is 0.251 e. The Morgan fingerprint density at radius 2 is 1.77 bits per heavy atom. The molecule has 0 heterocycles. The summed E-state index contributed by atoms with van der Waals surface area (Å²) in [6.45, 7) is 1.90. The molecule has 1 amide bonds. The predicted molar refractivity (Wildman–Crippen MR) is 86.9 cm³/mol. The first-order valence-electron chi connectivity index (χ1n) is 6.84. The highest BCUT2D eigenvalue weighted by Crippen LogP contribution is 2.27. The second-order valence-electron chi connectivity index (χ2n) is 4.79. The van der Waals surface area contributed by atoms with Crippen LogP contribution in [0.5, 0.6) is 11.5 Å². The number of ether oxygens (including phenoxy) is 2. The van der Waals surface area contributed by atoms with E-state index in [0.717, 1.165) is 11.3 Å². The third kappa shape index (κ3) is 3.52. The van der Waals surface area contributed by atoms with Gasteiger partial charge in [0.15, 0.2) is 0 Å². The fourth-order valence-corrected chi connectivity index (χ4v) is 2.45. The number of benzene rings is 2. The molecule has 0 aliphatic rings. The van der Waals surface area contributed by atoms with Crippen molar-refractivity contribution in [2.75, 3.05) is 14.2 Å². The zero-order valence-electron chi connectivity index (χ0n) is 12.7. The molecule has 0 radical (unpaired) electrons. The van der Waals surface area contributed by atoms with Crippen LogP contribution >= 0.6 is 11.6 Å². The second kappa shape index (κ2) is 7.18. The zero-order valence-corrected chi connectivity index (χ0v) is 13.5. The van der Waals surface area contributed by atoms with E-state index in [2.05, 4.69) is 5.32 Å². The Morgan fingerprint density at radius 3 is 2.41 bits per heavy atom. The fraction of sp³-hybridized carbons (Fsp3) is 0.235. The molecule has 0 aromatic heterocycles. The van der Waals surface area contributed by atoms with E-state index in [1.807, 2.05) is 31.2 Å². The van der Waals surface area contributed by atoms with Crippen LogP contribution in [0, 0.1) is 0 Å². The van der Waals surface area contributed by atoms with Gasteiger partial charge in [0.05, 0.1) is 25.3 Å². The van der Waals surface area contributed by atoms with Crippen molar-refractivity contribution in [3.05, 3.63) is 58.6 Å². The van der Waals surface area contributed by atoms with Gasteiger partial charge in [0.1, 0.15) is 11.5 Å². The van der Waals surface area contributed by atoms with Crippen LogP contribution in [0.15, 0.2) is 42.5 Å². The van der Waals surface area contributed by atoms with Crippen molar-refractivity contribution >= 4 is 17.5 Å². The highest BCUT2D eigenvalue weighted by atomic mass is 35.5. The Kier molecular flexibility index (Phi) is 5.28. The highest BCUT2D eigenvalue weighted by Gasteiger charge is 2.15. The summed E-state index contributed by atoms with van der Waals surface area (Å²) in [5, 5.41) is 3.34. The number of hydrogen-bond acceptors (Lipinski definition) is 3.